The van der Waals surface area contributed by atoms with Crippen LogP contribution in [-0.4, -0.2) is 0 Å². The smallest absolute Gasteiger partial charge is 0.0461 e. The Balaban J connectivity index is 2.07. The zero-order chi connectivity index (χ0) is 31.5. The molecule has 0 aromatic heterocycles. The van der Waals surface area contributed by atoms with Gasteiger partial charge >= 0.3 is 0 Å². The van der Waals surface area contributed by atoms with E-state index < -0.39 is 0 Å². The van der Waals surface area contributed by atoms with Gasteiger partial charge in [-0.3, -0.25) is 0 Å². The van der Waals surface area contributed by atoms with Gasteiger partial charge in [-0.05, 0) is 98.0 Å². The van der Waals surface area contributed by atoms with Gasteiger partial charge in [-0.2, -0.15) is 0 Å². The standard InChI is InChI=1S/C43H43N/c1-8-12-18-38(10-3)44(39(11-4)19-13-9-2)40-27-25-36(26-28-40)43-41-29-22-34(7)30-37(41)17-15-14-16-33(6)31-42(43)35-23-20-32(5)21-24-35/h8-31H,1,4H2,2-3,5-7H3/b13-9-,15-14?,16-14?,17-15?,18-12-,33-16?,33-31?,37-17?,38-10+,39-19+,42-31?,43-41?,43-42?. The summed E-state index contributed by atoms with van der Waals surface area (Å²) in [7, 11) is 0. The van der Waals surface area contributed by atoms with Crippen molar-refractivity contribution < 1.29 is 0 Å². The lowest BCUT2D eigenvalue weighted by atomic mass is 9.90. The van der Waals surface area contributed by atoms with E-state index in [1.165, 1.54) is 44.2 Å². The second kappa shape index (κ2) is 15.4. The lowest BCUT2D eigenvalue weighted by Crippen LogP contribution is -2.19. The predicted molar refractivity (Wildman–Crippen MR) is 195 cm³/mol. The van der Waals surface area contributed by atoms with Gasteiger partial charge in [-0.25, -0.2) is 0 Å². The molecule has 0 unspecified atom stereocenters. The van der Waals surface area contributed by atoms with Gasteiger partial charge in [-0.15, -0.1) is 0 Å². The Labute approximate surface area is 264 Å². The number of nitrogens with zero attached hydrogens (tertiary/aromatic N) is 1. The topological polar surface area (TPSA) is 3.24 Å². The molecule has 0 fully saturated rings. The molecule has 0 saturated carbocycles. The largest absolute Gasteiger partial charge is 0.311 e. The van der Waals surface area contributed by atoms with Crippen molar-refractivity contribution in [3.8, 4) is 22.3 Å². The van der Waals surface area contributed by atoms with Crippen LogP contribution < -0.4 is 4.90 Å². The number of hydrogen-bond donors (Lipinski definition) is 0. The minimum absolute atomic E-state index is 0.979. The number of allylic oxidation sites excluding steroid dienone is 8. The zero-order valence-electron chi connectivity index (χ0n) is 26.7. The molecule has 0 spiro atoms. The Morgan fingerprint density at radius 3 is 1.98 bits per heavy atom. The molecule has 4 rings (SSSR count). The van der Waals surface area contributed by atoms with Crippen molar-refractivity contribution in [2.75, 3.05) is 4.90 Å². The van der Waals surface area contributed by atoms with E-state index in [1.807, 2.05) is 31.2 Å². The Bertz CT molecular complexity index is 1810. The van der Waals surface area contributed by atoms with Crippen LogP contribution in [0.15, 0.2) is 170 Å². The quantitative estimate of drug-likeness (QED) is 0.180. The van der Waals surface area contributed by atoms with Crippen LogP contribution in [0.2, 0.25) is 0 Å². The molecule has 44 heavy (non-hydrogen) atoms. The van der Waals surface area contributed by atoms with E-state index in [0.717, 1.165) is 22.6 Å². The van der Waals surface area contributed by atoms with Gasteiger partial charge < -0.3 is 4.90 Å². The Kier molecular flexibility index (Phi) is 11.1. The summed E-state index contributed by atoms with van der Waals surface area (Å²) in [6.07, 6.45) is 16.0. The summed E-state index contributed by atoms with van der Waals surface area (Å²) < 4.78 is 0. The summed E-state index contributed by atoms with van der Waals surface area (Å²) in [6.45, 7) is 18.5. The summed E-state index contributed by atoms with van der Waals surface area (Å²) in [5.74, 6) is 0. The minimum Gasteiger partial charge on any atom is -0.311 e. The van der Waals surface area contributed by atoms with Crippen molar-refractivity contribution in [3.63, 3.8) is 0 Å². The van der Waals surface area contributed by atoms with Gasteiger partial charge in [0, 0.05) is 17.1 Å². The van der Waals surface area contributed by atoms with E-state index in [1.54, 1.807) is 6.08 Å². The molecule has 0 radical (unpaired) electrons. The van der Waals surface area contributed by atoms with Gasteiger partial charge in [0.05, 0.1) is 0 Å². The Morgan fingerprint density at radius 2 is 1.32 bits per heavy atom. The fourth-order valence-electron chi connectivity index (χ4n) is 5.30. The van der Waals surface area contributed by atoms with Gasteiger partial charge in [0.25, 0.3) is 0 Å². The average molecular weight is 574 g/mol. The number of aryl methyl sites for hydroxylation is 3. The normalized spacial score (nSPS) is 12.0. The van der Waals surface area contributed by atoms with E-state index >= 15 is 0 Å². The first-order chi connectivity index (χ1) is 21.4. The molecule has 0 N–H and O–H groups in total. The van der Waals surface area contributed by atoms with E-state index in [2.05, 4.69) is 161 Å². The highest BCUT2D eigenvalue weighted by Crippen LogP contribution is 2.38. The second-order valence-electron chi connectivity index (χ2n) is 10.9. The molecule has 0 aliphatic heterocycles. The van der Waals surface area contributed by atoms with Gasteiger partial charge in [0.15, 0.2) is 0 Å². The molecule has 0 bridgehead atoms. The SMILES string of the molecule is C=C/C=C\C(=C/C)N(/C(C=C)=C/C=C\C)c1ccc(-c2c(-c3ccc(C)cc3)cc(C)ccccc3cc(C)ccc23)cc1. The Hall–Kier alpha value is -5.14. The number of hydrogen-bond acceptors (Lipinski definition) is 1. The van der Waals surface area contributed by atoms with E-state index in [9.17, 15) is 0 Å². The molecular formula is C43H43N. The molecule has 0 aliphatic rings. The maximum Gasteiger partial charge on any atom is 0.0461 e. The maximum atomic E-state index is 4.13. The first-order valence-electron chi connectivity index (χ1n) is 15.2. The Morgan fingerprint density at radius 1 is 0.659 bits per heavy atom. The number of rotatable bonds is 9. The number of anilines is 1. The van der Waals surface area contributed by atoms with Crippen LogP contribution in [0.5, 0.6) is 0 Å². The minimum atomic E-state index is 0.979. The first kappa shape index (κ1) is 31.8. The molecule has 1 heteroatoms. The number of fused-ring (bicyclic) bond motifs is 1. The molecule has 0 atom stereocenters. The van der Waals surface area contributed by atoms with Crippen molar-refractivity contribution in [1.82, 2.24) is 0 Å². The summed E-state index contributed by atoms with van der Waals surface area (Å²) in [5.41, 5.74) is 11.5. The summed E-state index contributed by atoms with van der Waals surface area (Å²) in [6, 6.07) is 35.4. The third-order valence-corrected chi connectivity index (χ3v) is 7.52. The van der Waals surface area contributed by atoms with Crippen LogP contribution in [-0.2, 0) is 0 Å². The molecule has 0 heterocycles. The van der Waals surface area contributed by atoms with Crippen LogP contribution in [0, 0.1) is 20.8 Å². The highest BCUT2D eigenvalue weighted by atomic mass is 15.1. The summed E-state index contributed by atoms with van der Waals surface area (Å²) in [5, 5.41) is 2.40. The van der Waals surface area contributed by atoms with Crippen molar-refractivity contribution >= 4 is 16.5 Å². The first-order valence-corrected chi connectivity index (χ1v) is 15.2. The predicted octanol–water partition coefficient (Wildman–Crippen LogP) is 12.3. The third kappa shape index (κ3) is 7.62. The summed E-state index contributed by atoms with van der Waals surface area (Å²) in [4.78, 5) is 2.22. The van der Waals surface area contributed by atoms with Crippen molar-refractivity contribution in [1.29, 1.82) is 0 Å². The monoisotopic (exact) mass is 573 g/mol. The highest BCUT2D eigenvalue weighted by molar-refractivity contribution is 6.02. The van der Waals surface area contributed by atoms with Crippen molar-refractivity contribution in [2.24, 2.45) is 0 Å². The molecule has 0 saturated heterocycles. The maximum absolute atomic E-state index is 4.13. The van der Waals surface area contributed by atoms with E-state index in [4.69, 9.17) is 0 Å². The van der Waals surface area contributed by atoms with Crippen LogP contribution >= 0.6 is 0 Å². The molecular weight excluding hydrogens is 530 g/mol. The van der Waals surface area contributed by atoms with Gasteiger partial charge in [-0.1, -0.05) is 145 Å². The highest BCUT2D eigenvalue weighted by Gasteiger charge is 2.15. The van der Waals surface area contributed by atoms with E-state index in [0.29, 0.717) is 0 Å². The van der Waals surface area contributed by atoms with Crippen molar-refractivity contribution in [2.45, 2.75) is 34.6 Å². The second-order valence-corrected chi connectivity index (χ2v) is 10.9. The average Bonchev–Trinajstić information content (AvgIpc) is 3.03. The van der Waals surface area contributed by atoms with Crippen LogP contribution in [0.25, 0.3) is 33.0 Å². The zero-order valence-corrected chi connectivity index (χ0v) is 26.7. The van der Waals surface area contributed by atoms with E-state index in [-0.39, 0.29) is 0 Å². The molecule has 0 aliphatic carbocycles. The summed E-state index contributed by atoms with van der Waals surface area (Å²) >= 11 is 0. The van der Waals surface area contributed by atoms with Gasteiger partial charge in [0.1, 0.15) is 0 Å². The lowest BCUT2D eigenvalue weighted by molar-refractivity contribution is 1.14. The fraction of sp³-hybridized carbons (Fsp3) is 0.116. The third-order valence-electron chi connectivity index (χ3n) is 7.52. The fourth-order valence-corrected chi connectivity index (χ4v) is 5.30. The van der Waals surface area contributed by atoms with Crippen LogP contribution in [0.4, 0.5) is 5.69 Å². The molecule has 0 amide bonds. The van der Waals surface area contributed by atoms with Crippen LogP contribution in [0.1, 0.15) is 30.5 Å². The molecule has 220 valence electrons. The lowest BCUT2D eigenvalue weighted by Gasteiger charge is -2.27. The number of benzene rings is 3. The molecule has 1 nitrogen and oxygen atoms in total. The molecule has 4 aromatic rings. The van der Waals surface area contributed by atoms with Crippen LogP contribution in [0.3, 0.4) is 0 Å². The molecule has 4 aromatic carbocycles. The van der Waals surface area contributed by atoms with Crippen molar-refractivity contribution in [3.05, 3.63) is 187 Å². The van der Waals surface area contributed by atoms with Gasteiger partial charge in [0.2, 0.25) is 0 Å².